The van der Waals surface area contributed by atoms with Crippen LogP contribution in [0.25, 0.3) is 0 Å². The lowest BCUT2D eigenvalue weighted by Gasteiger charge is -2.29. The second-order valence-corrected chi connectivity index (χ2v) is 8.11. The number of halogens is 6. The number of esters is 1. The minimum atomic E-state index is -6.40. The average Bonchev–Trinajstić information content (AvgIpc) is 2.32. The lowest BCUT2D eigenvalue weighted by Crippen LogP contribution is -2.52. The van der Waals surface area contributed by atoms with Crippen molar-refractivity contribution in [2.24, 2.45) is 5.92 Å². The van der Waals surface area contributed by atoms with Gasteiger partial charge in [0.05, 0.1) is 5.92 Å². The van der Waals surface area contributed by atoms with Gasteiger partial charge >= 0.3 is 27.5 Å². The van der Waals surface area contributed by atoms with Gasteiger partial charge in [-0.05, 0) is 19.3 Å². The standard InChI is InChI=1S/C10H12F5IO5S/c11-9(12,13)8(10(14,15)22(18,19)20)21-7(17)5-2-1-3-6(16)4-5/h5-6,8H,1-4H2,(H,18,19,20). The van der Waals surface area contributed by atoms with Crippen LogP contribution >= 0.6 is 22.6 Å². The SMILES string of the molecule is O=C(OC(C(F)(F)F)C(F)(F)S(=O)(=O)O)C1CCCC(I)C1. The summed E-state index contributed by atoms with van der Waals surface area (Å²) >= 11 is 1.97. The zero-order valence-electron chi connectivity index (χ0n) is 10.8. The minimum Gasteiger partial charge on any atom is -0.444 e. The summed E-state index contributed by atoms with van der Waals surface area (Å²) in [6.45, 7) is 0. The topological polar surface area (TPSA) is 80.7 Å². The Balaban J connectivity index is 2.98. The monoisotopic (exact) mass is 466 g/mol. The highest BCUT2D eigenvalue weighted by Crippen LogP contribution is 2.39. The summed E-state index contributed by atoms with van der Waals surface area (Å²) in [5.74, 6) is -2.57. The maximum atomic E-state index is 13.3. The van der Waals surface area contributed by atoms with E-state index in [9.17, 15) is 35.2 Å². The van der Waals surface area contributed by atoms with E-state index in [0.717, 1.165) is 6.42 Å². The second kappa shape index (κ2) is 6.71. The molecule has 1 fully saturated rings. The van der Waals surface area contributed by atoms with Crippen LogP contribution < -0.4 is 0 Å². The van der Waals surface area contributed by atoms with Crippen molar-refractivity contribution in [3.63, 3.8) is 0 Å². The van der Waals surface area contributed by atoms with E-state index < -0.39 is 39.5 Å². The molecule has 0 amide bonds. The number of alkyl halides is 6. The van der Waals surface area contributed by atoms with Gasteiger partial charge in [0, 0.05) is 3.92 Å². The van der Waals surface area contributed by atoms with E-state index >= 15 is 0 Å². The van der Waals surface area contributed by atoms with Crippen LogP contribution in [0.3, 0.4) is 0 Å². The summed E-state index contributed by atoms with van der Waals surface area (Å²) < 4.78 is 97.3. The summed E-state index contributed by atoms with van der Waals surface area (Å²) in [5, 5.41) is -5.68. The van der Waals surface area contributed by atoms with Gasteiger partial charge < -0.3 is 4.74 Å². The molecular formula is C10H12F5IO5S. The molecule has 130 valence electrons. The van der Waals surface area contributed by atoms with Crippen LogP contribution in [0.1, 0.15) is 25.7 Å². The van der Waals surface area contributed by atoms with E-state index in [1.807, 2.05) is 22.6 Å². The van der Waals surface area contributed by atoms with Gasteiger partial charge in [-0.3, -0.25) is 9.35 Å². The van der Waals surface area contributed by atoms with Gasteiger partial charge in [0.25, 0.3) is 6.10 Å². The molecule has 0 aromatic rings. The van der Waals surface area contributed by atoms with Gasteiger partial charge in [-0.1, -0.05) is 29.0 Å². The van der Waals surface area contributed by atoms with Gasteiger partial charge in [0.1, 0.15) is 0 Å². The van der Waals surface area contributed by atoms with Crippen molar-refractivity contribution in [3.05, 3.63) is 0 Å². The number of rotatable bonds is 4. The normalized spacial score (nSPS) is 25.6. The summed E-state index contributed by atoms with van der Waals surface area (Å²) in [4.78, 5) is 11.6. The van der Waals surface area contributed by atoms with Crippen molar-refractivity contribution in [1.82, 2.24) is 0 Å². The largest absolute Gasteiger partial charge is 0.444 e. The first-order valence-electron chi connectivity index (χ1n) is 6.03. The predicted octanol–water partition coefficient (Wildman–Crippen LogP) is 2.93. The molecule has 1 aliphatic carbocycles. The maximum absolute atomic E-state index is 13.3. The van der Waals surface area contributed by atoms with Crippen molar-refractivity contribution >= 4 is 38.7 Å². The van der Waals surface area contributed by atoms with E-state index in [2.05, 4.69) is 4.74 Å². The summed E-state index contributed by atoms with van der Waals surface area (Å²) in [6.07, 6.45) is -8.54. The fourth-order valence-corrected chi connectivity index (χ4v) is 3.52. The first-order valence-corrected chi connectivity index (χ1v) is 8.71. The smallest absolute Gasteiger partial charge is 0.432 e. The Hall–Kier alpha value is -0.240. The molecule has 22 heavy (non-hydrogen) atoms. The predicted molar refractivity (Wildman–Crippen MR) is 72.2 cm³/mol. The van der Waals surface area contributed by atoms with Crippen LogP contribution in [0.4, 0.5) is 22.0 Å². The molecule has 1 saturated carbocycles. The van der Waals surface area contributed by atoms with E-state index in [-0.39, 0.29) is 16.8 Å². The molecule has 0 aromatic heterocycles. The Morgan fingerprint density at radius 1 is 1.23 bits per heavy atom. The highest BCUT2D eigenvalue weighted by Gasteiger charge is 2.66. The zero-order valence-corrected chi connectivity index (χ0v) is 13.8. The quantitative estimate of drug-likeness (QED) is 0.227. The van der Waals surface area contributed by atoms with Crippen molar-refractivity contribution < 1.29 is 44.5 Å². The van der Waals surface area contributed by atoms with Crippen LogP contribution in [-0.2, 0) is 19.6 Å². The van der Waals surface area contributed by atoms with Crippen molar-refractivity contribution in [2.75, 3.05) is 0 Å². The summed E-state index contributed by atoms with van der Waals surface area (Å²) in [6, 6.07) is 0. The second-order valence-electron chi connectivity index (χ2n) is 4.86. The third kappa shape index (κ3) is 4.63. The molecule has 3 atom stereocenters. The fraction of sp³-hybridized carbons (Fsp3) is 0.900. The van der Waals surface area contributed by atoms with Crippen molar-refractivity contribution in [2.45, 2.75) is 47.1 Å². The van der Waals surface area contributed by atoms with Gasteiger partial charge in [-0.15, -0.1) is 0 Å². The van der Waals surface area contributed by atoms with Crippen molar-refractivity contribution in [3.8, 4) is 0 Å². The van der Waals surface area contributed by atoms with Gasteiger partial charge in [0.2, 0.25) is 0 Å². The Bertz CT molecular complexity index is 520. The molecule has 0 bridgehead atoms. The number of hydrogen-bond donors (Lipinski definition) is 1. The molecule has 12 heteroatoms. The molecule has 0 saturated heterocycles. The molecule has 1 aliphatic rings. The minimum absolute atomic E-state index is 0.0182. The van der Waals surface area contributed by atoms with Crippen LogP contribution in [0.2, 0.25) is 0 Å². The Kier molecular flexibility index (Phi) is 6.04. The molecule has 0 radical (unpaired) electrons. The highest BCUT2D eigenvalue weighted by atomic mass is 127. The Morgan fingerprint density at radius 2 is 1.77 bits per heavy atom. The molecule has 0 aromatic carbocycles. The highest BCUT2D eigenvalue weighted by molar-refractivity contribution is 14.1. The molecule has 5 nitrogen and oxygen atoms in total. The van der Waals surface area contributed by atoms with Crippen LogP contribution in [0.5, 0.6) is 0 Å². The third-order valence-electron chi connectivity index (χ3n) is 3.12. The first kappa shape index (κ1) is 19.8. The molecule has 1 rings (SSSR count). The number of ether oxygens (including phenoxy) is 1. The van der Waals surface area contributed by atoms with Gasteiger partial charge in [-0.25, -0.2) is 0 Å². The third-order valence-corrected chi connectivity index (χ3v) is 5.16. The lowest BCUT2D eigenvalue weighted by atomic mass is 9.89. The van der Waals surface area contributed by atoms with E-state index in [1.54, 1.807) is 0 Å². The van der Waals surface area contributed by atoms with Gasteiger partial charge in [0.15, 0.2) is 0 Å². The first-order chi connectivity index (χ1) is 9.76. The van der Waals surface area contributed by atoms with Gasteiger partial charge in [-0.2, -0.15) is 30.4 Å². The number of carbonyl (C=O) groups excluding carboxylic acids is 1. The van der Waals surface area contributed by atoms with Crippen LogP contribution in [0.15, 0.2) is 0 Å². The van der Waals surface area contributed by atoms with E-state index in [0.29, 0.717) is 6.42 Å². The molecule has 3 unspecified atom stereocenters. The average molecular weight is 466 g/mol. The molecule has 0 heterocycles. The van der Waals surface area contributed by atoms with E-state index in [4.69, 9.17) is 4.55 Å². The van der Waals surface area contributed by atoms with Crippen LogP contribution in [0, 0.1) is 5.92 Å². The molecule has 1 N–H and O–H groups in total. The maximum Gasteiger partial charge on any atom is 0.432 e. The lowest BCUT2D eigenvalue weighted by molar-refractivity contribution is -0.261. The molecular weight excluding hydrogens is 454 g/mol. The number of carbonyl (C=O) groups is 1. The molecule has 0 spiro atoms. The number of hydrogen-bond acceptors (Lipinski definition) is 4. The summed E-state index contributed by atoms with van der Waals surface area (Å²) in [7, 11) is -6.40. The van der Waals surface area contributed by atoms with E-state index in [1.165, 1.54) is 0 Å². The Labute approximate surface area is 136 Å². The van der Waals surface area contributed by atoms with Crippen molar-refractivity contribution in [1.29, 1.82) is 0 Å². The molecule has 0 aliphatic heterocycles. The van der Waals surface area contributed by atoms with Crippen LogP contribution in [-0.4, -0.2) is 40.4 Å². The summed E-state index contributed by atoms with van der Waals surface area (Å²) in [5.41, 5.74) is 0. The zero-order chi connectivity index (χ0) is 17.3. The fourth-order valence-electron chi connectivity index (χ4n) is 2.02. The Morgan fingerprint density at radius 3 is 2.18 bits per heavy atom.